The fourth-order valence-electron chi connectivity index (χ4n) is 3.96. The Hall–Kier alpha value is -2.37. The molecule has 2 heterocycles. The third kappa shape index (κ3) is 3.59. The van der Waals surface area contributed by atoms with Crippen molar-refractivity contribution in [3.8, 4) is 0 Å². The second-order valence-corrected chi connectivity index (χ2v) is 7.64. The Morgan fingerprint density at radius 3 is 2.35 bits per heavy atom. The van der Waals surface area contributed by atoms with Crippen LogP contribution in [0, 0.1) is 5.92 Å². The lowest BCUT2D eigenvalue weighted by Crippen LogP contribution is -2.46. The highest BCUT2D eigenvalue weighted by Gasteiger charge is 2.44. The van der Waals surface area contributed by atoms with Crippen LogP contribution in [0.25, 0.3) is 0 Å². The van der Waals surface area contributed by atoms with Crippen molar-refractivity contribution < 1.29 is 14.4 Å². The average molecular weight is 355 g/mol. The summed E-state index contributed by atoms with van der Waals surface area (Å²) in [7, 11) is 0. The van der Waals surface area contributed by atoms with Crippen LogP contribution in [-0.2, 0) is 16.0 Å². The Kier molecular flexibility index (Phi) is 4.66. The first-order chi connectivity index (χ1) is 12.6. The van der Waals surface area contributed by atoms with Crippen LogP contribution in [0.5, 0.6) is 0 Å². The Morgan fingerprint density at radius 1 is 1.00 bits per heavy atom. The molecule has 2 saturated heterocycles. The van der Waals surface area contributed by atoms with Crippen LogP contribution in [0.15, 0.2) is 30.3 Å². The molecule has 0 N–H and O–H groups in total. The summed E-state index contributed by atoms with van der Waals surface area (Å²) in [4.78, 5) is 41.5. The molecule has 0 atom stereocenters. The number of carbonyl (C=O) groups excluding carboxylic acids is 3. The summed E-state index contributed by atoms with van der Waals surface area (Å²) in [5.74, 6) is 0.235. The number of benzene rings is 1. The van der Waals surface area contributed by atoms with Gasteiger partial charge < -0.3 is 9.80 Å². The molecular formula is C20H25N3O3. The fraction of sp³-hybridized carbons (Fsp3) is 0.550. The van der Waals surface area contributed by atoms with Gasteiger partial charge in [0.05, 0.1) is 0 Å². The topological polar surface area (TPSA) is 60.9 Å². The van der Waals surface area contributed by atoms with Crippen LogP contribution in [-0.4, -0.2) is 64.8 Å². The minimum absolute atomic E-state index is 0.107. The second kappa shape index (κ2) is 7.09. The molecule has 3 aliphatic rings. The van der Waals surface area contributed by atoms with E-state index >= 15 is 0 Å². The summed E-state index contributed by atoms with van der Waals surface area (Å²) >= 11 is 0. The summed E-state index contributed by atoms with van der Waals surface area (Å²) in [6.45, 7) is 1.44. The van der Waals surface area contributed by atoms with Gasteiger partial charge in [-0.3, -0.25) is 14.5 Å². The van der Waals surface area contributed by atoms with Crippen molar-refractivity contribution in [1.29, 1.82) is 0 Å². The van der Waals surface area contributed by atoms with E-state index in [1.165, 1.54) is 5.56 Å². The van der Waals surface area contributed by atoms with Crippen molar-refractivity contribution in [1.82, 2.24) is 14.7 Å². The van der Waals surface area contributed by atoms with Crippen LogP contribution in [0.4, 0.5) is 4.79 Å². The van der Waals surface area contributed by atoms with Gasteiger partial charge in [0.15, 0.2) is 0 Å². The van der Waals surface area contributed by atoms with Gasteiger partial charge >= 0.3 is 6.03 Å². The molecule has 6 heteroatoms. The third-order valence-corrected chi connectivity index (χ3v) is 5.70. The monoisotopic (exact) mass is 355 g/mol. The van der Waals surface area contributed by atoms with Gasteiger partial charge in [-0.05, 0) is 43.6 Å². The first-order valence-electron chi connectivity index (χ1n) is 9.54. The number of nitrogens with zero attached hydrogens (tertiary/aromatic N) is 3. The molecule has 138 valence electrons. The Balaban J connectivity index is 1.27. The highest BCUT2D eigenvalue weighted by atomic mass is 16.2. The van der Waals surface area contributed by atoms with Crippen molar-refractivity contribution in [2.24, 2.45) is 5.92 Å². The summed E-state index contributed by atoms with van der Waals surface area (Å²) in [6, 6.07) is 10.4. The summed E-state index contributed by atoms with van der Waals surface area (Å²) in [5.41, 5.74) is 1.34. The number of piperidine rings is 1. The standard InChI is InChI=1S/C20H25N3O3/c24-18(13-23-19(25)14-22(20(23)26)17-6-7-17)21-10-8-16(9-11-21)12-15-4-2-1-3-5-15/h1-5,16-17H,6-14H2. The maximum atomic E-state index is 12.6. The van der Waals surface area contributed by atoms with Gasteiger partial charge in [-0.25, -0.2) is 4.79 Å². The lowest BCUT2D eigenvalue weighted by molar-refractivity contribution is -0.137. The highest BCUT2D eigenvalue weighted by Crippen LogP contribution is 2.30. The number of amides is 4. The van der Waals surface area contributed by atoms with Crippen molar-refractivity contribution in [2.45, 2.75) is 38.1 Å². The molecule has 4 rings (SSSR count). The van der Waals surface area contributed by atoms with E-state index in [2.05, 4.69) is 24.3 Å². The van der Waals surface area contributed by atoms with E-state index in [-0.39, 0.29) is 37.0 Å². The number of hydrogen-bond acceptors (Lipinski definition) is 3. The maximum Gasteiger partial charge on any atom is 0.327 e. The molecule has 4 amide bonds. The molecule has 1 saturated carbocycles. The van der Waals surface area contributed by atoms with Gasteiger partial charge in [0, 0.05) is 19.1 Å². The predicted octanol–water partition coefficient (Wildman–Crippen LogP) is 1.89. The Labute approximate surface area is 153 Å². The first kappa shape index (κ1) is 17.1. The van der Waals surface area contributed by atoms with Gasteiger partial charge in [0.25, 0.3) is 5.91 Å². The minimum Gasteiger partial charge on any atom is -0.341 e. The largest absolute Gasteiger partial charge is 0.341 e. The summed E-state index contributed by atoms with van der Waals surface area (Å²) in [5, 5.41) is 0. The van der Waals surface area contributed by atoms with Crippen molar-refractivity contribution >= 4 is 17.8 Å². The van der Waals surface area contributed by atoms with E-state index in [1.807, 2.05) is 11.0 Å². The van der Waals surface area contributed by atoms with Crippen LogP contribution in [0.1, 0.15) is 31.2 Å². The number of urea groups is 1. The van der Waals surface area contributed by atoms with Crippen LogP contribution >= 0.6 is 0 Å². The molecule has 26 heavy (non-hydrogen) atoms. The number of rotatable bonds is 5. The SMILES string of the molecule is O=C(CN1C(=O)CN(C2CC2)C1=O)N1CCC(Cc2ccccc2)CC1. The molecule has 0 radical (unpaired) electrons. The molecule has 3 fully saturated rings. The van der Waals surface area contributed by atoms with Crippen molar-refractivity contribution in [2.75, 3.05) is 26.2 Å². The van der Waals surface area contributed by atoms with Gasteiger partial charge in [0.2, 0.25) is 5.91 Å². The number of imide groups is 1. The fourth-order valence-corrected chi connectivity index (χ4v) is 3.96. The zero-order valence-electron chi connectivity index (χ0n) is 15.0. The molecule has 1 aromatic carbocycles. The van der Waals surface area contributed by atoms with E-state index in [9.17, 15) is 14.4 Å². The van der Waals surface area contributed by atoms with Crippen molar-refractivity contribution in [3.63, 3.8) is 0 Å². The van der Waals surface area contributed by atoms with E-state index in [0.29, 0.717) is 19.0 Å². The number of likely N-dealkylation sites (tertiary alicyclic amines) is 1. The van der Waals surface area contributed by atoms with E-state index in [4.69, 9.17) is 0 Å². The lowest BCUT2D eigenvalue weighted by Gasteiger charge is -2.33. The first-order valence-corrected chi connectivity index (χ1v) is 9.54. The smallest absolute Gasteiger partial charge is 0.327 e. The zero-order chi connectivity index (χ0) is 18.1. The third-order valence-electron chi connectivity index (χ3n) is 5.70. The normalized spacial score (nSPS) is 21.6. The molecular weight excluding hydrogens is 330 g/mol. The Morgan fingerprint density at radius 2 is 1.69 bits per heavy atom. The van der Waals surface area contributed by atoms with Crippen LogP contribution < -0.4 is 0 Å². The summed E-state index contributed by atoms with van der Waals surface area (Å²) < 4.78 is 0. The molecule has 0 aromatic heterocycles. The molecule has 2 aliphatic heterocycles. The molecule has 6 nitrogen and oxygen atoms in total. The molecule has 0 bridgehead atoms. The van der Waals surface area contributed by atoms with Gasteiger partial charge in [-0.2, -0.15) is 0 Å². The predicted molar refractivity (Wildman–Crippen MR) is 96.3 cm³/mol. The maximum absolute atomic E-state index is 12.6. The molecule has 1 aliphatic carbocycles. The minimum atomic E-state index is -0.287. The highest BCUT2D eigenvalue weighted by molar-refractivity contribution is 6.04. The van der Waals surface area contributed by atoms with Gasteiger partial charge in [-0.1, -0.05) is 30.3 Å². The molecule has 1 aromatic rings. The van der Waals surface area contributed by atoms with Gasteiger partial charge in [0.1, 0.15) is 13.1 Å². The van der Waals surface area contributed by atoms with Crippen LogP contribution in [0.3, 0.4) is 0 Å². The molecule has 0 unspecified atom stereocenters. The number of carbonyl (C=O) groups is 3. The van der Waals surface area contributed by atoms with Crippen LogP contribution in [0.2, 0.25) is 0 Å². The van der Waals surface area contributed by atoms with E-state index in [1.54, 1.807) is 4.90 Å². The van der Waals surface area contributed by atoms with Crippen molar-refractivity contribution in [3.05, 3.63) is 35.9 Å². The molecule has 0 spiro atoms. The lowest BCUT2D eigenvalue weighted by atomic mass is 9.90. The average Bonchev–Trinajstić information content (AvgIpc) is 3.46. The van der Waals surface area contributed by atoms with E-state index < -0.39 is 0 Å². The van der Waals surface area contributed by atoms with E-state index in [0.717, 1.165) is 37.0 Å². The van der Waals surface area contributed by atoms with Gasteiger partial charge in [-0.15, -0.1) is 0 Å². The summed E-state index contributed by atoms with van der Waals surface area (Å²) in [6.07, 6.45) is 4.92. The zero-order valence-corrected chi connectivity index (χ0v) is 15.0. The number of hydrogen-bond donors (Lipinski definition) is 0. The quantitative estimate of drug-likeness (QED) is 0.758. The Bertz CT molecular complexity index is 694. The second-order valence-electron chi connectivity index (χ2n) is 7.64.